The van der Waals surface area contributed by atoms with Crippen molar-refractivity contribution in [3.05, 3.63) is 262 Å². The first-order chi connectivity index (χ1) is 63.1. The topological polar surface area (TPSA) is 389 Å². The van der Waals surface area contributed by atoms with Crippen molar-refractivity contribution in [2.75, 3.05) is 68.0 Å². The smallest absolute Gasteiger partial charge is 0.335 e. The number of aromatic carboxylic acids is 4. The Kier molecular flexibility index (Phi) is 31.3. The highest BCUT2D eigenvalue weighted by Crippen LogP contribution is 2.37. The van der Waals surface area contributed by atoms with E-state index in [1.54, 1.807) is 92.6 Å². The molecule has 0 aliphatic rings. The van der Waals surface area contributed by atoms with Crippen LogP contribution in [0.15, 0.2) is 189 Å². The van der Waals surface area contributed by atoms with E-state index >= 15 is 0 Å². The molecule has 8 heterocycles. The number of nitrogens with one attached hydrogen (secondary N) is 4. The highest BCUT2D eigenvalue weighted by molar-refractivity contribution is 6.31. The second kappa shape index (κ2) is 44.1. The van der Waals surface area contributed by atoms with Crippen LogP contribution < -0.4 is 21.3 Å². The lowest BCUT2D eigenvalue weighted by Gasteiger charge is -2.13. The number of carboxylic acid groups (broad SMARTS) is 4. The number of halogens is 2. The summed E-state index contributed by atoms with van der Waals surface area (Å²) < 4.78 is 35.1. The normalized spacial score (nSPS) is 11.0. The molecular formula is C100H90ClFN16O12. The number of hydrogen-bond donors (Lipinski definition) is 8. The van der Waals surface area contributed by atoms with E-state index in [0.717, 1.165) is 141 Å². The van der Waals surface area contributed by atoms with Gasteiger partial charge in [0.15, 0.2) is 23.3 Å². The first-order valence-electron chi connectivity index (χ1n) is 41.9. The third-order valence-corrected chi connectivity index (χ3v) is 20.7. The fourth-order valence-electron chi connectivity index (χ4n) is 14.0. The van der Waals surface area contributed by atoms with Crippen LogP contribution in [-0.4, -0.2) is 157 Å². The van der Waals surface area contributed by atoms with Gasteiger partial charge in [0.1, 0.15) is 51.2 Å². The molecule has 0 saturated carbocycles. The molecule has 0 aliphatic heterocycles. The van der Waals surface area contributed by atoms with E-state index in [9.17, 15) is 44.0 Å². The van der Waals surface area contributed by atoms with Crippen LogP contribution in [0, 0.1) is 42.8 Å². The summed E-state index contributed by atoms with van der Waals surface area (Å²) in [7, 11) is 1.64. The fraction of sp³-hybridized carbons (Fsp3) is 0.220. The predicted molar refractivity (Wildman–Crippen MR) is 503 cm³/mol. The van der Waals surface area contributed by atoms with Crippen LogP contribution >= 0.6 is 11.6 Å². The first kappa shape index (κ1) is 92.3. The molecule has 8 aromatic heterocycles. The van der Waals surface area contributed by atoms with E-state index < -0.39 is 29.7 Å². The average Bonchev–Trinajstić information content (AvgIpc) is 0.775. The molecule has 0 amide bonds. The Bertz CT molecular complexity index is 7070. The van der Waals surface area contributed by atoms with Crippen LogP contribution in [0.3, 0.4) is 0 Å². The van der Waals surface area contributed by atoms with Gasteiger partial charge in [-0.3, -0.25) is 0 Å². The predicted octanol–water partition coefficient (Wildman–Crippen LogP) is 19.9. The van der Waals surface area contributed by atoms with Gasteiger partial charge >= 0.3 is 23.9 Å². The summed E-state index contributed by atoms with van der Waals surface area (Å²) in [5.41, 5.74) is 10.3. The molecule has 656 valence electrons. The summed E-state index contributed by atoms with van der Waals surface area (Å²) in [5, 5.41) is 56.7. The summed E-state index contributed by atoms with van der Waals surface area (Å²) in [5.74, 6) is 7.99. The Hall–Kier alpha value is -15.4. The Morgan fingerprint density at radius 3 is 0.992 bits per heavy atom. The number of methoxy groups -OCH3 is 1. The van der Waals surface area contributed by atoms with Gasteiger partial charge in [0.25, 0.3) is 0 Å². The molecule has 16 rings (SSSR count). The highest BCUT2D eigenvalue weighted by Gasteiger charge is 2.22. The van der Waals surface area contributed by atoms with Crippen molar-refractivity contribution in [3.63, 3.8) is 0 Å². The van der Waals surface area contributed by atoms with Crippen molar-refractivity contribution in [3.8, 4) is 37.0 Å². The van der Waals surface area contributed by atoms with Crippen LogP contribution in [0.4, 0.5) is 50.4 Å². The maximum atomic E-state index is 13.6. The molecule has 0 bridgehead atoms. The molecule has 130 heavy (non-hydrogen) atoms. The van der Waals surface area contributed by atoms with Crippen molar-refractivity contribution < 1.29 is 62.9 Å². The molecule has 0 fully saturated rings. The Balaban J connectivity index is 0.000000148. The van der Waals surface area contributed by atoms with Crippen molar-refractivity contribution >= 4 is 169 Å². The lowest BCUT2D eigenvalue weighted by atomic mass is 10.1. The van der Waals surface area contributed by atoms with E-state index in [4.69, 9.17) is 79.7 Å². The number of unbranched alkanes of at least 4 members (excludes halogenated alkanes) is 2. The van der Waals surface area contributed by atoms with E-state index in [-0.39, 0.29) is 33.4 Å². The Morgan fingerprint density at radius 1 is 0.385 bits per heavy atom. The SMILES string of the molecule is C#Cc1cccc(Nc2nc3cc(C(=O)O)ccc3c3cnc(CCCCOC(C)C)nc23)c1.C#Cc1cccc(Nc2nc3cc(C(=O)O)ccc3c3cnc(CCCCOCC)nc23)c1.C#Cc1cccc(Nc2nc3cc(C(=O)O)ccc3c3cnc(CCCOCC)nc23)c1.COCCCc1ncc2c(n1)c(Nc1ccc(F)c(Cl)c1)nc1cc(C(=O)O)ccc12. The lowest BCUT2D eigenvalue weighted by Crippen LogP contribution is -2.05. The van der Waals surface area contributed by atoms with Crippen LogP contribution in [0.2, 0.25) is 5.02 Å². The number of carboxylic acids is 4. The van der Waals surface area contributed by atoms with E-state index in [0.29, 0.717) is 136 Å². The number of benzene rings is 8. The van der Waals surface area contributed by atoms with Crippen molar-refractivity contribution in [2.45, 2.75) is 98.0 Å². The number of pyridine rings is 4. The Morgan fingerprint density at radius 2 is 0.692 bits per heavy atom. The zero-order chi connectivity index (χ0) is 91.7. The number of ether oxygens (including phenoxy) is 4. The number of aromatic nitrogens is 12. The molecule has 0 unspecified atom stereocenters. The number of anilines is 8. The number of nitrogens with zero attached hydrogens (tertiary/aromatic N) is 12. The van der Waals surface area contributed by atoms with Gasteiger partial charge in [0.05, 0.1) is 55.4 Å². The van der Waals surface area contributed by atoms with E-state index in [1.807, 2.05) is 100 Å². The summed E-state index contributed by atoms with van der Waals surface area (Å²) >= 11 is 5.91. The molecule has 0 atom stereocenters. The van der Waals surface area contributed by atoms with E-state index in [1.165, 1.54) is 30.3 Å². The number of aryl methyl sites for hydroxylation is 4. The molecule has 8 aromatic carbocycles. The van der Waals surface area contributed by atoms with Gasteiger partial charge < -0.3 is 60.6 Å². The highest BCUT2D eigenvalue weighted by atomic mass is 35.5. The number of terminal acetylenes is 3. The van der Waals surface area contributed by atoms with Crippen LogP contribution in [-0.2, 0) is 44.6 Å². The molecule has 0 radical (unpaired) electrons. The van der Waals surface area contributed by atoms with Crippen LogP contribution in [0.5, 0.6) is 0 Å². The Labute approximate surface area is 752 Å². The van der Waals surface area contributed by atoms with Gasteiger partial charge in [-0.25, -0.2) is 83.4 Å². The third kappa shape index (κ3) is 23.6. The minimum atomic E-state index is -1.05. The molecule has 28 nitrogen and oxygen atoms in total. The monoisotopic (exact) mass is 1760 g/mol. The largest absolute Gasteiger partial charge is 0.478 e. The third-order valence-electron chi connectivity index (χ3n) is 20.4. The number of fused-ring (bicyclic) bond motifs is 12. The molecule has 30 heteroatoms. The molecule has 8 N–H and O–H groups in total. The maximum absolute atomic E-state index is 13.6. The van der Waals surface area contributed by atoms with Gasteiger partial charge in [-0.1, -0.05) is 71.8 Å². The zero-order valence-corrected chi connectivity index (χ0v) is 72.5. The lowest BCUT2D eigenvalue weighted by molar-refractivity contribution is 0.0686. The van der Waals surface area contributed by atoms with Crippen LogP contribution in [0.25, 0.3) is 87.2 Å². The molecule has 0 spiro atoms. The van der Waals surface area contributed by atoms with Gasteiger partial charge in [0, 0.05) is 180 Å². The van der Waals surface area contributed by atoms with Gasteiger partial charge in [-0.2, -0.15) is 0 Å². The standard InChI is InChI=1S/C27H26N4O3.C26H24N4O3.C25H22N4O3.C22H18ClFN4O3/c1-4-18-8-7-9-20(14-18)29-26-25-22(21-12-11-19(27(32)33)15-23(21)30-26)16-28-24(31-25)10-5-6-13-34-17(2)3;1-3-17-8-7-9-19(14-17)28-25-24-21(16-27-23(30-24)10-5-6-13-33-4-2)20-12-11-18(26(31)32)15-22(20)29-25;1-3-16-7-5-8-18(13-16)27-24-23-20(15-26-22(29-23)9-6-12-32-4-2)19-11-10-17(25(30)31)14-21(19)28-24;1-31-8-2-3-19-25-11-15-14-6-4-12(22(29)30)9-18(14)27-21(20(15)28-19)26-13-5-7-17(24)16(23)10-13/h1,7-9,11-12,14-17H,5-6,10,13H2,2-3H3,(H,29,30)(H,32,33);1,7-9,11-12,14-16H,4-6,10,13H2,2H3,(H,28,29)(H,31,32);1,5,7-8,10-11,13-15H,4,6,9,12H2,2H3,(H,27,28)(H,30,31);4-7,9-11H,2-3,8H2,1H3,(H,26,27)(H,29,30). The fourth-order valence-corrected chi connectivity index (χ4v) is 14.2. The summed E-state index contributed by atoms with van der Waals surface area (Å²) in [4.78, 5) is 102. The summed E-state index contributed by atoms with van der Waals surface area (Å²) in [6, 6.07) is 45.9. The molecule has 0 saturated heterocycles. The van der Waals surface area contributed by atoms with Crippen LogP contribution in [0.1, 0.15) is 148 Å². The molecular weight excluding hydrogens is 1670 g/mol. The number of carbonyl (C=O) groups is 4. The zero-order valence-electron chi connectivity index (χ0n) is 71.7. The maximum Gasteiger partial charge on any atom is 0.335 e. The second-order valence-electron chi connectivity index (χ2n) is 29.9. The van der Waals surface area contributed by atoms with E-state index in [2.05, 4.69) is 68.9 Å². The quantitative estimate of drug-likeness (QED) is 0.0108. The van der Waals surface area contributed by atoms with Crippen molar-refractivity contribution in [2.24, 2.45) is 0 Å². The van der Waals surface area contributed by atoms with Crippen molar-refractivity contribution in [1.29, 1.82) is 0 Å². The minimum absolute atomic E-state index is 0.0295. The van der Waals surface area contributed by atoms with Gasteiger partial charge in [-0.15, -0.1) is 19.3 Å². The number of hydrogen-bond acceptors (Lipinski definition) is 24. The van der Waals surface area contributed by atoms with Crippen molar-refractivity contribution in [1.82, 2.24) is 59.8 Å². The first-order valence-corrected chi connectivity index (χ1v) is 42.3. The molecule has 16 aromatic rings. The van der Waals surface area contributed by atoms with Gasteiger partial charge in [-0.05, 0) is 188 Å². The molecule has 0 aliphatic carbocycles. The average molecular weight is 1760 g/mol. The second-order valence-corrected chi connectivity index (χ2v) is 30.3. The summed E-state index contributed by atoms with van der Waals surface area (Å²) in [6.45, 7) is 12.1. The number of rotatable bonds is 33. The summed E-state index contributed by atoms with van der Waals surface area (Å²) in [6.07, 6.45) is 31.9. The minimum Gasteiger partial charge on any atom is -0.478 e. The van der Waals surface area contributed by atoms with Gasteiger partial charge in [0.2, 0.25) is 0 Å².